The smallest absolute Gasteiger partial charge is 0.493 e. The van der Waals surface area contributed by atoms with Crippen LogP contribution in [0.25, 0.3) is 16.9 Å². The Hall–Kier alpha value is -1.99. The van der Waals surface area contributed by atoms with Gasteiger partial charge in [-0.3, -0.25) is 0 Å². The summed E-state index contributed by atoms with van der Waals surface area (Å²) in [6, 6.07) is 9.02. The van der Waals surface area contributed by atoms with Crippen LogP contribution in [0.1, 0.15) is 348 Å². The van der Waals surface area contributed by atoms with Gasteiger partial charge in [-0.1, -0.05) is 265 Å². The van der Waals surface area contributed by atoms with Crippen molar-refractivity contribution in [3.8, 4) is 0 Å². The largest absolute Gasteiger partial charge is 2.00 e. The molecule has 0 saturated carbocycles. The van der Waals surface area contributed by atoms with E-state index in [4.69, 9.17) is 0 Å². The van der Waals surface area contributed by atoms with E-state index in [1.165, 1.54) is 280 Å². The SMILES string of the molecule is CCCCCC1=C(c2cc(C)c(C)c(C)c2)[N+](=[N-])C(c2cc(C)c(C)c(C)c2)=C1CCCC.[CH2-]CCCCCCCCCCCCCCCCCCC.[CH2-]CCCCCCCCCCCCCCCCCCC.[Ni+2]. The van der Waals surface area contributed by atoms with Crippen LogP contribution >= 0.6 is 0 Å². The fourth-order valence-corrected chi connectivity index (χ4v) is 10.8. The zero-order valence-electron chi connectivity index (χ0n) is 51.3. The van der Waals surface area contributed by atoms with Gasteiger partial charge in [0.25, 0.3) is 0 Å². The van der Waals surface area contributed by atoms with E-state index in [9.17, 15) is 5.53 Å². The predicted molar refractivity (Wildman–Crippen MR) is 331 cm³/mol. The van der Waals surface area contributed by atoms with Gasteiger partial charge >= 0.3 is 16.5 Å². The Morgan fingerprint density at radius 1 is 0.311 bits per heavy atom. The first-order valence-electron chi connectivity index (χ1n) is 32.2. The molecule has 0 amide bonds. The summed E-state index contributed by atoms with van der Waals surface area (Å²) in [5.74, 6) is 0. The Balaban J connectivity index is 0.00000114. The monoisotopic (exact) mass is 1060 g/mol. The second kappa shape index (κ2) is 49.3. The molecule has 1 aliphatic rings. The topological polar surface area (TPSA) is 25.3 Å². The molecule has 0 atom stereocenters. The number of unbranched alkanes of at least 4 members (excludes halogenated alkanes) is 37. The van der Waals surface area contributed by atoms with Gasteiger partial charge in [-0.25, -0.2) is 4.70 Å². The zero-order valence-corrected chi connectivity index (χ0v) is 52.3. The first kappa shape index (κ1) is 72.0. The average Bonchev–Trinajstić information content (AvgIpc) is 3.66. The van der Waals surface area contributed by atoms with Crippen LogP contribution < -0.4 is 0 Å². The van der Waals surface area contributed by atoms with Crippen molar-refractivity contribution in [2.24, 2.45) is 0 Å². The van der Waals surface area contributed by atoms with E-state index in [-0.39, 0.29) is 16.5 Å². The number of aryl methyl sites for hydroxylation is 4. The Bertz CT molecular complexity index is 1610. The summed E-state index contributed by atoms with van der Waals surface area (Å²) in [6.07, 6.45) is 59.5. The Labute approximate surface area is 474 Å². The normalized spacial score (nSPS) is 12.3. The summed E-state index contributed by atoms with van der Waals surface area (Å²) >= 11 is 0. The molecule has 0 bridgehead atoms. The van der Waals surface area contributed by atoms with Gasteiger partial charge in [0, 0.05) is 22.3 Å². The molecule has 0 saturated heterocycles. The summed E-state index contributed by atoms with van der Waals surface area (Å²) < 4.78 is 1.53. The first-order chi connectivity index (χ1) is 35.5. The first-order valence-corrected chi connectivity index (χ1v) is 32.2. The molecule has 0 aliphatic carbocycles. The molecule has 2 aromatic carbocycles. The standard InChI is InChI=1S/C31H42N2.2C20H41.Ni/c1-9-11-13-15-29-28(14-12-10-2)30(26-16-20(3)24(7)21(4)17-26)33(32)31(29)27-18-22(5)25(8)23(6)19-27;2*1-3-5-7-9-11-13-15-17-19-20-18-16-14-12-10-8-6-4-2;/h16-19H,9-15H2,1-8H3;2*1,3-20H2,2H3;/q;2*-1;+2. The van der Waals surface area contributed by atoms with Gasteiger partial charge in [0.15, 0.2) is 0 Å². The number of allylic oxidation sites excluding steroid dienone is 2. The molecular formula is C71H124N2Ni. The molecule has 0 spiro atoms. The molecule has 0 unspecified atom stereocenters. The maximum absolute atomic E-state index is 11.8. The van der Waals surface area contributed by atoms with Crippen LogP contribution in [0.4, 0.5) is 0 Å². The van der Waals surface area contributed by atoms with E-state index >= 15 is 0 Å². The molecule has 74 heavy (non-hydrogen) atoms. The van der Waals surface area contributed by atoms with Crippen LogP contribution in [0.3, 0.4) is 0 Å². The number of benzene rings is 2. The van der Waals surface area contributed by atoms with E-state index in [1.54, 1.807) is 0 Å². The fraction of sp³-hybridized carbons (Fsp3) is 0.746. The molecule has 0 aromatic heterocycles. The van der Waals surface area contributed by atoms with Crippen molar-refractivity contribution in [1.29, 1.82) is 0 Å². The molecule has 2 nitrogen and oxygen atoms in total. The Kier molecular flexibility index (Phi) is 48.0. The summed E-state index contributed by atoms with van der Waals surface area (Å²) in [4.78, 5) is 0. The third-order valence-corrected chi connectivity index (χ3v) is 16.3. The average molecular weight is 1060 g/mol. The van der Waals surface area contributed by atoms with Crippen LogP contribution in [0, 0.1) is 55.4 Å². The van der Waals surface area contributed by atoms with E-state index < -0.39 is 0 Å². The van der Waals surface area contributed by atoms with Crippen molar-refractivity contribution in [3.63, 3.8) is 0 Å². The van der Waals surface area contributed by atoms with Gasteiger partial charge in [0.2, 0.25) is 11.4 Å². The van der Waals surface area contributed by atoms with Gasteiger partial charge in [0.1, 0.15) is 0 Å². The molecular weight excluding hydrogens is 939 g/mol. The van der Waals surface area contributed by atoms with Crippen molar-refractivity contribution >= 4 is 11.4 Å². The quantitative estimate of drug-likeness (QED) is 0.0274. The molecule has 0 N–H and O–H groups in total. The van der Waals surface area contributed by atoms with Gasteiger partial charge < -0.3 is 19.4 Å². The second-order valence-corrected chi connectivity index (χ2v) is 23.0. The van der Waals surface area contributed by atoms with Gasteiger partial charge in [-0.15, -0.1) is 0 Å². The third-order valence-electron chi connectivity index (χ3n) is 16.3. The zero-order chi connectivity index (χ0) is 53.7. The maximum Gasteiger partial charge on any atom is 2.00 e. The summed E-state index contributed by atoms with van der Waals surface area (Å²) in [6.45, 7) is 30.0. The van der Waals surface area contributed by atoms with Crippen molar-refractivity contribution in [2.45, 2.75) is 345 Å². The van der Waals surface area contributed by atoms with E-state index in [2.05, 4.69) is 107 Å². The summed E-state index contributed by atoms with van der Waals surface area (Å²) in [5, 5.41) is 0. The Morgan fingerprint density at radius 3 is 0.743 bits per heavy atom. The van der Waals surface area contributed by atoms with Gasteiger partial charge in [-0.05, 0) is 125 Å². The summed E-state index contributed by atoms with van der Waals surface area (Å²) in [7, 11) is 0. The van der Waals surface area contributed by atoms with Crippen LogP contribution in [0.2, 0.25) is 0 Å². The van der Waals surface area contributed by atoms with Gasteiger partial charge in [0.05, 0.1) is 0 Å². The molecule has 2 aromatic rings. The third kappa shape index (κ3) is 32.7. The minimum Gasteiger partial charge on any atom is -0.493 e. The molecule has 3 heteroatoms. The molecule has 1 aliphatic heterocycles. The maximum atomic E-state index is 11.8. The molecule has 428 valence electrons. The van der Waals surface area contributed by atoms with Crippen LogP contribution in [0.5, 0.6) is 0 Å². The summed E-state index contributed by atoms with van der Waals surface area (Å²) in [5.41, 5.74) is 26.5. The van der Waals surface area contributed by atoms with Gasteiger partial charge in [-0.2, -0.15) is 12.8 Å². The second-order valence-electron chi connectivity index (χ2n) is 23.0. The van der Waals surface area contributed by atoms with Crippen molar-refractivity contribution in [3.05, 3.63) is 99.3 Å². The van der Waals surface area contributed by atoms with E-state index in [0.29, 0.717) is 0 Å². The number of nitrogens with zero attached hydrogens (tertiary/aromatic N) is 2. The molecule has 0 radical (unpaired) electrons. The fourth-order valence-electron chi connectivity index (χ4n) is 10.8. The predicted octanol–water partition coefficient (Wildman–Crippen LogP) is 25.2. The number of hydrogen-bond acceptors (Lipinski definition) is 0. The molecule has 3 rings (SSSR count). The van der Waals surface area contributed by atoms with E-state index in [1.807, 2.05) is 0 Å². The van der Waals surface area contributed by atoms with Crippen LogP contribution in [-0.2, 0) is 16.5 Å². The van der Waals surface area contributed by atoms with E-state index in [0.717, 1.165) is 67.5 Å². The number of rotatable bonds is 43. The van der Waals surface area contributed by atoms with Crippen LogP contribution in [0.15, 0.2) is 35.4 Å². The van der Waals surface area contributed by atoms with Crippen molar-refractivity contribution in [2.75, 3.05) is 0 Å². The van der Waals surface area contributed by atoms with Crippen LogP contribution in [-0.4, -0.2) is 4.70 Å². The minimum atomic E-state index is 0. The minimum absolute atomic E-state index is 0. The molecule has 0 fully saturated rings. The van der Waals surface area contributed by atoms with Crippen molar-refractivity contribution < 1.29 is 21.2 Å². The van der Waals surface area contributed by atoms with Crippen molar-refractivity contribution in [1.82, 2.24) is 0 Å². The molecule has 1 heterocycles. The Morgan fingerprint density at radius 2 is 0.514 bits per heavy atom. The number of hydrogen-bond donors (Lipinski definition) is 0.